The molecule has 2 rings (SSSR count). The first-order chi connectivity index (χ1) is 9.13. The van der Waals surface area contributed by atoms with E-state index >= 15 is 0 Å². The normalized spacial score (nSPS) is 23.2. The van der Waals surface area contributed by atoms with Crippen molar-refractivity contribution in [2.45, 2.75) is 32.1 Å². The van der Waals surface area contributed by atoms with Crippen LogP contribution in [0, 0.1) is 0 Å². The number of anilines is 1. The molecule has 5 heteroatoms. The molecule has 0 aromatic carbocycles. The fourth-order valence-corrected chi connectivity index (χ4v) is 3.31. The standard InChI is InChI=1S/C14H21N3OS/c1-4-15-14(18)12-5-6-13(16-9-12)17-7-8-19-11(3)10(17)2/h5-6,9-11H,4,7-8H2,1-3H3,(H,15,18). The van der Waals surface area contributed by atoms with E-state index in [0.717, 1.165) is 18.1 Å². The van der Waals surface area contributed by atoms with Gasteiger partial charge in [-0.25, -0.2) is 4.98 Å². The summed E-state index contributed by atoms with van der Waals surface area (Å²) in [6.07, 6.45) is 1.67. The first-order valence-electron chi connectivity index (χ1n) is 6.76. The van der Waals surface area contributed by atoms with Crippen LogP contribution in [0.2, 0.25) is 0 Å². The van der Waals surface area contributed by atoms with Crippen LogP contribution in [0.4, 0.5) is 5.82 Å². The molecule has 19 heavy (non-hydrogen) atoms. The fraction of sp³-hybridized carbons (Fsp3) is 0.571. The summed E-state index contributed by atoms with van der Waals surface area (Å²) < 4.78 is 0. The average Bonchev–Trinajstić information content (AvgIpc) is 2.42. The largest absolute Gasteiger partial charge is 0.352 e. The summed E-state index contributed by atoms with van der Waals surface area (Å²) in [5, 5.41) is 3.39. The van der Waals surface area contributed by atoms with E-state index in [1.54, 1.807) is 6.20 Å². The number of nitrogens with zero attached hydrogens (tertiary/aromatic N) is 2. The van der Waals surface area contributed by atoms with Gasteiger partial charge in [0.2, 0.25) is 0 Å². The maximum Gasteiger partial charge on any atom is 0.252 e. The van der Waals surface area contributed by atoms with Crippen molar-refractivity contribution in [1.29, 1.82) is 0 Å². The Hall–Kier alpha value is -1.23. The molecule has 0 aliphatic carbocycles. The molecule has 1 aromatic heterocycles. The van der Waals surface area contributed by atoms with Crippen LogP contribution in [-0.4, -0.2) is 41.0 Å². The van der Waals surface area contributed by atoms with Gasteiger partial charge in [-0.3, -0.25) is 4.79 Å². The summed E-state index contributed by atoms with van der Waals surface area (Å²) in [5.41, 5.74) is 0.623. The van der Waals surface area contributed by atoms with Crippen LogP contribution in [0.5, 0.6) is 0 Å². The highest BCUT2D eigenvalue weighted by Crippen LogP contribution is 2.27. The maximum absolute atomic E-state index is 11.7. The monoisotopic (exact) mass is 279 g/mol. The van der Waals surface area contributed by atoms with E-state index in [1.165, 1.54) is 0 Å². The van der Waals surface area contributed by atoms with Crippen LogP contribution in [0.1, 0.15) is 31.1 Å². The van der Waals surface area contributed by atoms with Crippen LogP contribution in [0.25, 0.3) is 0 Å². The van der Waals surface area contributed by atoms with Crippen molar-refractivity contribution in [2.24, 2.45) is 0 Å². The number of carbonyl (C=O) groups is 1. The third kappa shape index (κ3) is 3.21. The molecule has 1 aromatic rings. The molecule has 1 aliphatic heterocycles. The first kappa shape index (κ1) is 14.2. The van der Waals surface area contributed by atoms with E-state index in [2.05, 4.69) is 29.0 Å². The highest BCUT2D eigenvalue weighted by molar-refractivity contribution is 8.00. The number of amides is 1. The van der Waals surface area contributed by atoms with Crippen molar-refractivity contribution >= 4 is 23.5 Å². The van der Waals surface area contributed by atoms with Gasteiger partial charge < -0.3 is 10.2 Å². The SMILES string of the molecule is CCNC(=O)c1ccc(N2CCSC(C)C2C)nc1. The number of thioether (sulfide) groups is 1. The molecule has 0 saturated carbocycles. The zero-order valence-corrected chi connectivity index (χ0v) is 12.5. The van der Waals surface area contributed by atoms with Crippen molar-refractivity contribution < 1.29 is 4.79 Å². The van der Waals surface area contributed by atoms with E-state index in [9.17, 15) is 4.79 Å². The number of pyridine rings is 1. The van der Waals surface area contributed by atoms with Crippen LogP contribution in [0.15, 0.2) is 18.3 Å². The zero-order valence-electron chi connectivity index (χ0n) is 11.7. The summed E-state index contributed by atoms with van der Waals surface area (Å²) in [6, 6.07) is 4.28. The highest BCUT2D eigenvalue weighted by Gasteiger charge is 2.26. The van der Waals surface area contributed by atoms with E-state index in [0.29, 0.717) is 23.4 Å². The highest BCUT2D eigenvalue weighted by atomic mass is 32.2. The Kier molecular flexibility index (Phi) is 4.69. The van der Waals surface area contributed by atoms with Gasteiger partial charge in [-0.2, -0.15) is 11.8 Å². The molecular weight excluding hydrogens is 258 g/mol. The number of hydrogen-bond donors (Lipinski definition) is 1. The van der Waals surface area contributed by atoms with Crippen molar-refractivity contribution in [3.05, 3.63) is 23.9 Å². The molecule has 1 N–H and O–H groups in total. The minimum absolute atomic E-state index is 0.0582. The number of carbonyl (C=O) groups excluding carboxylic acids is 1. The summed E-state index contributed by atoms with van der Waals surface area (Å²) in [6.45, 7) is 8.05. The van der Waals surface area contributed by atoms with Gasteiger partial charge in [0.05, 0.1) is 5.56 Å². The minimum Gasteiger partial charge on any atom is -0.352 e. The molecule has 1 fully saturated rings. The second-order valence-electron chi connectivity index (χ2n) is 4.77. The van der Waals surface area contributed by atoms with E-state index < -0.39 is 0 Å². The Morgan fingerprint density at radius 3 is 2.95 bits per heavy atom. The molecule has 2 unspecified atom stereocenters. The summed E-state index contributed by atoms with van der Waals surface area (Å²) in [5.74, 6) is 2.04. The van der Waals surface area contributed by atoms with Gasteiger partial charge in [0, 0.05) is 36.3 Å². The van der Waals surface area contributed by atoms with Crippen LogP contribution >= 0.6 is 11.8 Å². The van der Waals surface area contributed by atoms with Crippen molar-refractivity contribution in [3.8, 4) is 0 Å². The molecule has 0 bridgehead atoms. The second kappa shape index (κ2) is 6.28. The second-order valence-corrected chi connectivity index (χ2v) is 6.26. The molecule has 1 amide bonds. The summed E-state index contributed by atoms with van der Waals surface area (Å²) in [7, 11) is 0. The fourth-order valence-electron chi connectivity index (χ4n) is 2.21. The lowest BCUT2D eigenvalue weighted by atomic mass is 10.2. The van der Waals surface area contributed by atoms with E-state index in [4.69, 9.17) is 0 Å². The lowest BCUT2D eigenvalue weighted by Gasteiger charge is -2.38. The Balaban J connectivity index is 2.11. The van der Waals surface area contributed by atoms with Crippen LogP contribution in [0.3, 0.4) is 0 Å². The van der Waals surface area contributed by atoms with Gasteiger partial charge in [-0.1, -0.05) is 6.92 Å². The van der Waals surface area contributed by atoms with Crippen molar-refractivity contribution in [3.63, 3.8) is 0 Å². The molecule has 4 nitrogen and oxygen atoms in total. The minimum atomic E-state index is -0.0582. The molecule has 1 aliphatic rings. The summed E-state index contributed by atoms with van der Waals surface area (Å²) in [4.78, 5) is 18.4. The summed E-state index contributed by atoms with van der Waals surface area (Å²) >= 11 is 2.01. The van der Waals surface area contributed by atoms with Gasteiger partial charge in [0.15, 0.2) is 0 Å². The lowest BCUT2D eigenvalue weighted by Crippen LogP contribution is -2.45. The van der Waals surface area contributed by atoms with Crippen LogP contribution in [-0.2, 0) is 0 Å². The van der Waals surface area contributed by atoms with Crippen LogP contribution < -0.4 is 10.2 Å². The molecule has 2 heterocycles. The zero-order chi connectivity index (χ0) is 13.8. The molecule has 2 atom stereocenters. The maximum atomic E-state index is 11.7. The van der Waals surface area contributed by atoms with E-state index in [1.807, 2.05) is 30.8 Å². The lowest BCUT2D eigenvalue weighted by molar-refractivity contribution is 0.0955. The third-order valence-electron chi connectivity index (χ3n) is 3.53. The van der Waals surface area contributed by atoms with E-state index in [-0.39, 0.29) is 5.91 Å². The molecule has 1 saturated heterocycles. The molecular formula is C14H21N3OS. The Bertz CT molecular complexity index is 435. The predicted octanol–water partition coefficient (Wildman–Crippen LogP) is 2.16. The Morgan fingerprint density at radius 1 is 1.53 bits per heavy atom. The number of aromatic nitrogens is 1. The van der Waals surface area contributed by atoms with Gasteiger partial charge in [0.1, 0.15) is 5.82 Å². The molecule has 0 radical (unpaired) electrons. The molecule has 104 valence electrons. The van der Waals surface area contributed by atoms with Gasteiger partial charge >= 0.3 is 0 Å². The van der Waals surface area contributed by atoms with Crippen molar-refractivity contribution in [1.82, 2.24) is 10.3 Å². The first-order valence-corrected chi connectivity index (χ1v) is 7.81. The smallest absolute Gasteiger partial charge is 0.252 e. The average molecular weight is 279 g/mol. The number of rotatable bonds is 3. The predicted molar refractivity (Wildman–Crippen MR) is 81.0 cm³/mol. The quantitative estimate of drug-likeness (QED) is 0.921. The number of hydrogen-bond acceptors (Lipinski definition) is 4. The van der Waals surface area contributed by atoms with Crippen molar-refractivity contribution in [2.75, 3.05) is 23.7 Å². The topological polar surface area (TPSA) is 45.2 Å². The van der Waals surface area contributed by atoms with Gasteiger partial charge in [-0.15, -0.1) is 0 Å². The number of nitrogens with one attached hydrogen (secondary N) is 1. The van der Waals surface area contributed by atoms with Gasteiger partial charge in [0.25, 0.3) is 5.91 Å². The molecule has 0 spiro atoms. The Labute approximate surface area is 119 Å². The Morgan fingerprint density at radius 2 is 2.32 bits per heavy atom. The third-order valence-corrected chi connectivity index (χ3v) is 4.86. The van der Waals surface area contributed by atoms with Gasteiger partial charge in [-0.05, 0) is 26.0 Å².